The number of fused-ring (bicyclic) bond motifs is 2. The second-order valence-electron chi connectivity index (χ2n) is 7.96. The van der Waals surface area contributed by atoms with Crippen molar-refractivity contribution < 1.29 is 9.32 Å². The van der Waals surface area contributed by atoms with Crippen molar-refractivity contribution in [2.24, 2.45) is 0 Å². The molecule has 156 valence electrons. The third-order valence-electron chi connectivity index (χ3n) is 5.92. The van der Waals surface area contributed by atoms with Crippen molar-refractivity contribution >= 4 is 16.9 Å². The highest BCUT2D eigenvalue weighted by Gasteiger charge is 2.33. The van der Waals surface area contributed by atoms with E-state index in [1.807, 2.05) is 72.8 Å². The lowest BCUT2D eigenvalue weighted by Crippen LogP contribution is -2.37. The largest absolute Gasteiger partial charge is 0.341 e. The van der Waals surface area contributed by atoms with Crippen molar-refractivity contribution in [2.75, 3.05) is 13.6 Å². The van der Waals surface area contributed by atoms with E-state index in [1.165, 1.54) is 0 Å². The molecular formula is C25H19N5O2. The Bertz CT molecular complexity index is 1420. The van der Waals surface area contributed by atoms with Gasteiger partial charge >= 0.3 is 0 Å². The Balaban J connectivity index is 1.30. The first-order chi connectivity index (χ1) is 15.7. The monoisotopic (exact) mass is 421 g/mol. The van der Waals surface area contributed by atoms with E-state index >= 15 is 0 Å². The van der Waals surface area contributed by atoms with E-state index in [4.69, 9.17) is 4.52 Å². The Morgan fingerprint density at radius 2 is 1.69 bits per heavy atom. The summed E-state index contributed by atoms with van der Waals surface area (Å²) >= 11 is 0. The molecule has 0 aliphatic carbocycles. The van der Waals surface area contributed by atoms with Gasteiger partial charge in [0.2, 0.25) is 11.7 Å². The van der Waals surface area contributed by atoms with Gasteiger partial charge in [0.1, 0.15) is 5.82 Å². The van der Waals surface area contributed by atoms with Gasteiger partial charge in [-0.15, -0.1) is 0 Å². The lowest BCUT2D eigenvalue weighted by Gasteiger charge is -2.29. The molecule has 0 fully saturated rings. The number of carbonyl (C=O) groups excluding carboxylic acids is 1. The van der Waals surface area contributed by atoms with Crippen LogP contribution in [0.2, 0.25) is 0 Å². The van der Waals surface area contributed by atoms with Crippen LogP contribution in [-0.2, 0) is 0 Å². The molecular weight excluding hydrogens is 402 g/mol. The Kier molecular flexibility index (Phi) is 4.14. The zero-order valence-corrected chi connectivity index (χ0v) is 17.3. The number of para-hydroxylation sites is 2. The molecule has 0 radical (unpaired) electrons. The fraction of sp³-hybridized carbons (Fsp3) is 0.120. The average molecular weight is 421 g/mol. The smallest absolute Gasteiger partial charge is 0.253 e. The third-order valence-corrected chi connectivity index (χ3v) is 5.92. The first-order valence-electron chi connectivity index (χ1n) is 10.4. The molecule has 3 heterocycles. The van der Waals surface area contributed by atoms with E-state index < -0.39 is 0 Å². The number of nitrogens with one attached hydrogen (secondary N) is 1. The van der Waals surface area contributed by atoms with Crippen LogP contribution in [0, 0.1) is 0 Å². The number of H-pyrrole nitrogens is 1. The molecule has 2 aromatic heterocycles. The highest BCUT2D eigenvalue weighted by atomic mass is 16.5. The summed E-state index contributed by atoms with van der Waals surface area (Å²) in [4.78, 5) is 26.8. The molecule has 1 aliphatic rings. The van der Waals surface area contributed by atoms with Gasteiger partial charge in [-0.1, -0.05) is 59.8 Å². The van der Waals surface area contributed by atoms with Gasteiger partial charge in [0.05, 0.1) is 17.0 Å². The van der Waals surface area contributed by atoms with Gasteiger partial charge in [0, 0.05) is 30.3 Å². The summed E-state index contributed by atoms with van der Waals surface area (Å²) in [5.74, 6) is 1.71. The van der Waals surface area contributed by atoms with Crippen LogP contribution < -0.4 is 0 Å². The summed E-state index contributed by atoms with van der Waals surface area (Å²) in [6.07, 6.45) is 0. The summed E-state index contributed by atoms with van der Waals surface area (Å²) in [5, 5.41) is 4.20. The molecule has 1 unspecified atom stereocenters. The van der Waals surface area contributed by atoms with Crippen LogP contribution in [-0.4, -0.2) is 44.5 Å². The molecule has 1 atom stereocenters. The lowest BCUT2D eigenvalue weighted by atomic mass is 9.89. The summed E-state index contributed by atoms with van der Waals surface area (Å²) < 4.78 is 5.64. The predicted octanol–water partition coefficient (Wildman–Crippen LogP) is 4.50. The quantitative estimate of drug-likeness (QED) is 0.463. The molecule has 0 saturated carbocycles. The number of imidazole rings is 1. The topological polar surface area (TPSA) is 87.9 Å². The van der Waals surface area contributed by atoms with Gasteiger partial charge in [0.25, 0.3) is 5.91 Å². The predicted molar refractivity (Wildman–Crippen MR) is 120 cm³/mol. The first kappa shape index (κ1) is 18.5. The molecule has 5 aromatic rings. The minimum Gasteiger partial charge on any atom is -0.341 e. The molecule has 1 amide bonds. The van der Waals surface area contributed by atoms with Crippen LogP contribution in [0.25, 0.3) is 33.8 Å². The van der Waals surface area contributed by atoms with Crippen molar-refractivity contribution in [1.29, 1.82) is 0 Å². The maximum absolute atomic E-state index is 12.5. The zero-order chi connectivity index (χ0) is 21.7. The van der Waals surface area contributed by atoms with Gasteiger partial charge < -0.3 is 14.4 Å². The summed E-state index contributed by atoms with van der Waals surface area (Å²) in [7, 11) is 1.79. The Hall–Kier alpha value is -4.26. The van der Waals surface area contributed by atoms with Crippen molar-refractivity contribution in [2.45, 2.75) is 5.92 Å². The van der Waals surface area contributed by atoms with E-state index in [9.17, 15) is 4.79 Å². The Labute approximate surface area is 183 Å². The molecule has 1 N–H and O–H groups in total. The normalized spacial score (nSPS) is 15.8. The SMILES string of the molecule is CN1CC(c2nc(-c3ccc(-c4nc5ccccc5[nH]4)cc3)no2)c2ccccc2C1=O. The van der Waals surface area contributed by atoms with E-state index in [-0.39, 0.29) is 11.8 Å². The van der Waals surface area contributed by atoms with Crippen LogP contribution in [0.15, 0.2) is 77.3 Å². The standard InChI is InChI=1S/C25H19N5O2/c1-30-14-19(17-6-2-3-7-18(17)25(30)31)24-28-23(29-32-24)16-12-10-15(11-13-16)22-26-20-8-4-5-9-21(20)27-22/h2-13,19H,14H2,1H3,(H,26,27). The van der Waals surface area contributed by atoms with Crippen LogP contribution >= 0.6 is 0 Å². The number of likely N-dealkylation sites (N-methyl/N-ethyl adjacent to an activating group) is 1. The number of carbonyl (C=O) groups is 1. The molecule has 0 spiro atoms. The second-order valence-corrected chi connectivity index (χ2v) is 7.96. The molecule has 0 bridgehead atoms. The summed E-state index contributed by atoms with van der Waals surface area (Å²) in [6, 6.07) is 23.5. The maximum Gasteiger partial charge on any atom is 0.253 e. The number of hydrogen-bond acceptors (Lipinski definition) is 5. The van der Waals surface area contributed by atoms with Crippen molar-refractivity contribution in [3.05, 3.63) is 89.8 Å². The molecule has 3 aromatic carbocycles. The number of rotatable bonds is 3. The van der Waals surface area contributed by atoms with E-state index in [2.05, 4.69) is 20.1 Å². The van der Waals surface area contributed by atoms with Crippen molar-refractivity contribution in [3.8, 4) is 22.8 Å². The van der Waals surface area contributed by atoms with Crippen LogP contribution in [0.1, 0.15) is 27.7 Å². The van der Waals surface area contributed by atoms with E-state index in [0.29, 0.717) is 23.8 Å². The van der Waals surface area contributed by atoms with E-state index in [0.717, 1.165) is 33.5 Å². The first-order valence-corrected chi connectivity index (χ1v) is 10.4. The van der Waals surface area contributed by atoms with E-state index in [1.54, 1.807) is 11.9 Å². The van der Waals surface area contributed by atoms with Crippen molar-refractivity contribution in [1.82, 2.24) is 25.0 Å². The van der Waals surface area contributed by atoms with Gasteiger partial charge in [0.15, 0.2) is 0 Å². The molecule has 32 heavy (non-hydrogen) atoms. The van der Waals surface area contributed by atoms with Gasteiger partial charge in [-0.2, -0.15) is 4.98 Å². The molecule has 0 saturated heterocycles. The number of nitrogens with zero attached hydrogens (tertiary/aromatic N) is 4. The number of benzene rings is 3. The fourth-order valence-electron chi connectivity index (χ4n) is 4.23. The highest BCUT2D eigenvalue weighted by molar-refractivity contribution is 5.97. The van der Waals surface area contributed by atoms with Crippen LogP contribution in [0.4, 0.5) is 0 Å². The fourth-order valence-corrected chi connectivity index (χ4v) is 4.23. The van der Waals surface area contributed by atoms with Crippen molar-refractivity contribution in [3.63, 3.8) is 0 Å². The van der Waals surface area contributed by atoms with Gasteiger partial charge in [-0.25, -0.2) is 4.98 Å². The highest BCUT2D eigenvalue weighted by Crippen LogP contribution is 2.33. The summed E-state index contributed by atoms with van der Waals surface area (Å²) in [5.41, 5.74) is 5.38. The van der Waals surface area contributed by atoms with Gasteiger partial charge in [-0.05, 0) is 23.8 Å². The Morgan fingerprint density at radius 1 is 0.938 bits per heavy atom. The van der Waals surface area contributed by atoms with Crippen LogP contribution in [0.3, 0.4) is 0 Å². The number of aromatic amines is 1. The molecule has 6 rings (SSSR count). The zero-order valence-electron chi connectivity index (χ0n) is 17.3. The van der Waals surface area contributed by atoms with Crippen LogP contribution in [0.5, 0.6) is 0 Å². The average Bonchev–Trinajstić information content (AvgIpc) is 3.49. The Morgan fingerprint density at radius 3 is 2.53 bits per heavy atom. The molecule has 7 heteroatoms. The minimum atomic E-state index is -0.148. The maximum atomic E-state index is 12.5. The summed E-state index contributed by atoms with van der Waals surface area (Å²) in [6.45, 7) is 0.502. The second kappa shape index (κ2) is 7.16. The number of amides is 1. The number of hydrogen-bond donors (Lipinski definition) is 1. The third kappa shape index (κ3) is 2.98. The lowest BCUT2D eigenvalue weighted by molar-refractivity contribution is 0.0766. The minimum absolute atomic E-state index is 0.0118. The molecule has 7 nitrogen and oxygen atoms in total. The number of aromatic nitrogens is 4. The van der Waals surface area contributed by atoms with Gasteiger partial charge in [-0.3, -0.25) is 4.79 Å². The molecule has 1 aliphatic heterocycles.